The van der Waals surface area contributed by atoms with Crippen LogP contribution in [0.1, 0.15) is 31.4 Å². The second-order valence-corrected chi connectivity index (χ2v) is 9.22. The molecule has 0 radical (unpaired) electrons. The third-order valence-corrected chi connectivity index (χ3v) is 5.80. The summed E-state index contributed by atoms with van der Waals surface area (Å²) in [5.41, 5.74) is 16.8. The standard InChI is InChI=1S/C21H35N9O7S/c1-38-6-4-13(20(36)37)28-18(34)14(7-11-9-25-10-27-11)30-19(35)15(8-16(31)32)29-17(33)12(22)3-2-5-26-21(23)24/h9-10,12-15H,2-8,22H2,1H3,(H,25,27)(H,28,34)(H,29,33)(H,30,35)(H,31,32)(H,36,37)(H4,23,24,26). The van der Waals surface area contributed by atoms with Crippen molar-refractivity contribution in [3.8, 4) is 0 Å². The zero-order valence-electron chi connectivity index (χ0n) is 20.9. The van der Waals surface area contributed by atoms with Gasteiger partial charge in [-0.15, -0.1) is 0 Å². The van der Waals surface area contributed by atoms with Gasteiger partial charge in [0.1, 0.15) is 18.1 Å². The van der Waals surface area contributed by atoms with Crippen LogP contribution in [0.25, 0.3) is 0 Å². The molecule has 4 atom stereocenters. The second kappa shape index (κ2) is 16.8. The van der Waals surface area contributed by atoms with Gasteiger partial charge in [-0.25, -0.2) is 9.78 Å². The van der Waals surface area contributed by atoms with Gasteiger partial charge < -0.3 is 48.3 Å². The highest BCUT2D eigenvalue weighted by Crippen LogP contribution is 2.06. The van der Waals surface area contributed by atoms with E-state index in [0.29, 0.717) is 17.9 Å². The molecule has 0 aromatic carbocycles. The summed E-state index contributed by atoms with van der Waals surface area (Å²) in [6.07, 6.45) is 4.31. The lowest BCUT2D eigenvalue weighted by atomic mass is 10.1. The Morgan fingerprint density at radius 3 is 2.21 bits per heavy atom. The van der Waals surface area contributed by atoms with Crippen LogP contribution in [0.5, 0.6) is 0 Å². The van der Waals surface area contributed by atoms with Crippen LogP contribution < -0.4 is 33.2 Å². The topological polar surface area (TPSA) is 281 Å². The number of nitrogens with one attached hydrogen (secondary N) is 4. The van der Waals surface area contributed by atoms with Crippen LogP contribution in [-0.4, -0.2) is 98.5 Å². The summed E-state index contributed by atoms with van der Waals surface area (Å²) in [6, 6.07) is -5.15. The predicted octanol–water partition coefficient (Wildman–Crippen LogP) is -2.90. The van der Waals surface area contributed by atoms with Crippen molar-refractivity contribution in [1.29, 1.82) is 0 Å². The van der Waals surface area contributed by atoms with Crippen LogP contribution >= 0.6 is 11.8 Å². The highest BCUT2D eigenvalue weighted by molar-refractivity contribution is 7.98. The third-order valence-electron chi connectivity index (χ3n) is 5.15. The quantitative estimate of drug-likeness (QED) is 0.0499. The average molecular weight is 558 g/mol. The number of rotatable bonds is 18. The minimum Gasteiger partial charge on any atom is -0.481 e. The lowest BCUT2D eigenvalue weighted by Crippen LogP contribution is -2.58. The molecule has 0 spiro atoms. The van der Waals surface area contributed by atoms with Crippen LogP contribution in [0.2, 0.25) is 0 Å². The SMILES string of the molecule is CSCCC(NC(=O)C(Cc1cnc[nH]1)NC(=O)C(CC(=O)O)NC(=O)C(N)CCCN=C(N)N)C(=O)O. The van der Waals surface area contributed by atoms with Crippen LogP contribution in [0, 0.1) is 0 Å². The Morgan fingerprint density at radius 1 is 1.03 bits per heavy atom. The van der Waals surface area contributed by atoms with E-state index < -0.39 is 60.2 Å². The van der Waals surface area contributed by atoms with Crippen molar-refractivity contribution in [2.45, 2.75) is 56.3 Å². The number of hydrogen-bond acceptors (Lipinski definition) is 9. The van der Waals surface area contributed by atoms with E-state index in [1.807, 2.05) is 0 Å². The molecule has 1 heterocycles. The number of amides is 3. The molecule has 0 saturated heterocycles. The molecule has 0 saturated carbocycles. The fourth-order valence-electron chi connectivity index (χ4n) is 3.18. The summed E-state index contributed by atoms with van der Waals surface area (Å²) in [4.78, 5) is 71.8. The second-order valence-electron chi connectivity index (χ2n) is 8.24. The van der Waals surface area contributed by atoms with E-state index in [4.69, 9.17) is 17.2 Å². The Labute approximate surface area is 223 Å². The molecule has 16 nitrogen and oxygen atoms in total. The van der Waals surface area contributed by atoms with E-state index in [1.165, 1.54) is 24.3 Å². The van der Waals surface area contributed by atoms with Gasteiger partial charge in [0.05, 0.1) is 18.8 Å². The number of nitrogens with two attached hydrogens (primary N) is 3. The molecule has 38 heavy (non-hydrogen) atoms. The number of aliphatic carboxylic acids is 2. The van der Waals surface area contributed by atoms with Gasteiger partial charge in [0, 0.05) is 24.9 Å². The highest BCUT2D eigenvalue weighted by atomic mass is 32.2. The molecule has 1 aromatic rings. The first-order chi connectivity index (χ1) is 17.9. The molecule has 12 N–H and O–H groups in total. The predicted molar refractivity (Wildman–Crippen MR) is 139 cm³/mol. The van der Waals surface area contributed by atoms with E-state index in [9.17, 15) is 34.2 Å². The van der Waals surface area contributed by atoms with Crippen molar-refractivity contribution >= 4 is 47.4 Å². The molecule has 0 aliphatic rings. The lowest BCUT2D eigenvalue weighted by Gasteiger charge is -2.24. The number of nitrogens with zero attached hydrogens (tertiary/aromatic N) is 2. The van der Waals surface area contributed by atoms with Crippen molar-refractivity contribution in [3.05, 3.63) is 18.2 Å². The zero-order chi connectivity index (χ0) is 28.7. The first-order valence-corrected chi connectivity index (χ1v) is 13.0. The van der Waals surface area contributed by atoms with Gasteiger partial charge in [-0.2, -0.15) is 11.8 Å². The molecule has 0 aliphatic carbocycles. The number of carboxylic acid groups (broad SMARTS) is 2. The number of thioether (sulfide) groups is 1. The molecular weight excluding hydrogens is 522 g/mol. The normalized spacial score (nSPS) is 13.8. The van der Waals surface area contributed by atoms with Crippen molar-refractivity contribution in [3.63, 3.8) is 0 Å². The maximum Gasteiger partial charge on any atom is 0.326 e. The number of H-pyrrole nitrogens is 1. The Hall–Kier alpha value is -3.86. The van der Waals surface area contributed by atoms with Crippen LogP contribution in [0.4, 0.5) is 0 Å². The van der Waals surface area contributed by atoms with Crippen LogP contribution in [0.3, 0.4) is 0 Å². The monoisotopic (exact) mass is 557 g/mol. The maximum atomic E-state index is 13.0. The fourth-order valence-corrected chi connectivity index (χ4v) is 3.65. The molecule has 0 fully saturated rings. The number of aromatic nitrogens is 2. The summed E-state index contributed by atoms with van der Waals surface area (Å²) in [5, 5.41) is 25.8. The number of imidazole rings is 1. The van der Waals surface area contributed by atoms with E-state index >= 15 is 0 Å². The van der Waals surface area contributed by atoms with E-state index in [-0.39, 0.29) is 31.8 Å². The molecular formula is C21H35N9O7S. The summed E-state index contributed by atoms with van der Waals surface area (Å²) < 4.78 is 0. The van der Waals surface area contributed by atoms with Crippen molar-refractivity contribution < 1.29 is 34.2 Å². The van der Waals surface area contributed by atoms with Gasteiger partial charge >= 0.3 is 11.9 Å². The molecule has 1 rings (SSSR count). The summed E-state index contributed by atoms with van der Waals surface area (Å²) in [5.74, 6) is -4.84. The zero-order valence-corrected chi connectivity index (χ0v) is 21.7. The lowest BCUT2D eigenvalue weighted by molar-refractivity contribution is -0.143. The van der Waals surface area contributed by atoms with Gasteiger partial charge in [-0.3, -0.25) is 24.2 Å². The molecule has 1 aromatic heterocycles. The Kier molecular flexibility index (Phi) is 14.2. The number of carbonyl (C=O) groups excluding carboxylic acids is 3. The third kappa shape index (κ3) is 12.4. The summed E-state index contributed by atoms with van der Waals surface area (Å²) >= 11 is 1.40. The fraction of sp³-hybridized carbons (Fsp3) is 0.571. The Bertz CT molecular complexity index is 970. The maximum absolute atomic E-state index is 13.0. The van der Waals surface area contributed by atoms with Crippen molar-refractivity contribution in [2.24, 2.45) is 22.2 Å². The Morgan fingerprint density at radius 2 is 1.66 bits per heavy atom. The van der Waals surface area contributed by atoms with Gasteiger partial charge in [-0.05, 0) is 31.3 Å². The molecule has 212 valence electrons. The van der Waals surface area contributed by atoms with Crippen LogP contribution in [-0.2, 0) is 30.4 Å². The first kappa shape index (κ1) is 32.2. The summed E-state index contributed by atoms with van der Waals surface area (Å²) in [7, 11) is 0. The van der Waals surface area contributed by atoms with E-state index in [1.54, 1.807) is 6.26 Å². The number of guanidine groups is 1. The molecule has 3 amide bonds. The van der Waals surface area contributed by atoms with Gasteiger partial charge in [0.25, 0.3) is 0 Å². The summed E-state index contributed by atoms with van der Waals surface area (Å²) in [6.45, 7) is 0.223. The number of hydrogen-bond donors (Lipinski definition) is 9. The number of aromatic amines is 1. The number of aliphatic imine (C=N–C) groups is 1. The minimum absolute atomic E-state index is 0.107. The molecule has 0 bridgehead atoms. The molecule has 4 unspecified atom stereocenters. The van der Waals surface area contributed by atoms with Crippen molar-refractivity contribution in [1.82, 2.24) is 25.9 Å². The van der Waals surface area contributed by atoms with Gasteiger partial charge in [0.15, 0.2) is 5.96 Å². The largest absolute Gasteiger partial charge is 0.481 e. The smallest absolute Gasteiger partial charge is 0.326 e. The van der Waals surface area contributed by atoms with E-state index in [0.717, 1.165) is 0 Å². The molecule has 0 aliphatic heterocycles. The van der Waals surface area contributed by atoms with Crippen molar-refractivity contribution in [2.75, 3.05) is 18.6 Å². The molecule has 17 heteroatoms. The highest BCUT2D eigenvalue weighted by Gasteiger charge is 2.31. The van der Waals surface area contributed by atoms with Gasteiger partial charge in [0.2, 0.25) is 17.7 Å². The first-order valence-electron chi connectivity index (χ1n) is 11.6. The van der Waals surface area contributed by atoms with Gasteiger partial charge in [-0.1, -0.05) is 0 Å². The van der Waals surface area contributed by atoms with Crippen LogP contribution in [0.15, 0.2) is 17.5 Å². The average Bonchev–Trinajstić information content (AvgIpc) is 3.35. The Balaban J connectivity index is 2.98. The number of carbonyl (C=O) groups is 5. The van der Waals surface area contributed by atoms with E-state index in [2.05, 4.69) is 30.9 Å². The number of carboxylic acids is 2. The minimum atomic E-state index is -1.56.